The summed E-state index contributed by atoms with van der Waals surface area (Å²) in [7, 11) is 0. The van der Waals surface area contributed by atoms with Gasteiger partial charge < -0.3 is 19.2 Å². The lowest BCUT2D eigenvalue weighted by Gasteiger charge is -2.28. The number of ether oxygens (including phenoxy) is 1. The molecule has 0 bridgehead atoms. The monoisotopic (exact) mass is 408 g/mol. The normalized spacial score (nSPS) is 14.8. The quantitative estimate of drug-likeness (QED) is 0.291. The molecule has 4 rings (SSSR count). The highest BCUT2D eigenvalue weighted by Crippen LogP contribution is 2.30. The van der Waals surface area contributed by atoms with Gasteiger partial charge in [0.15, 0.2) is 17.3 Å². The summed E-state index contributed by atoms with van der Waals surface area (Å²) in [4.78, 5) is 12.1. The molecule has 1 N–H and O–H groups in total. The van der Waals surface area contributed by atoms with Gasteiger partial charge in [0.2, 0.25) is 5.95 Å². The Balaban J connectivity index is 1.87. The highest BCUT2D eigenvalue weighted by molar-refractivity contribution is 5.91. The van der Waals surface area contributed by atoms with E-state index >= 15 is 0 Å². The fourth-order valence-electron chi connectivity index (χ4n) is 3.11. The van der Waals surface area contributed by atoms with Gasteiger partial charge >= 0.3 is 5.88 Å². The minimum absolute atomic E-state index is 0.0849. The minimum Gasteiger partial charge on any atom is -0.503 e. The van der Waals surface area contributed by atoms with Crippen molar-refractivity contribution in [3.63, 3.8) is 0 Å². The Labute approximate surface area is 170 Å². The van der Waals surface area contributed by atoms with E-state index in [0.29, 0.717) is 37.9 Å². The van der Waals surface area contributed by atoms with Crippen molar-refractivity contribution in [2.45, 2.75) is 0 Å². The first-order chi connectivity index (χ1) is 14.6. The van der Waals surface area contributed by atoms with Crippen molar-refractivity contribution in [1.29, 1.82) is 5.26 Å². The van der Waals surface area contributed by atoms with Crippen LogP contribution in [0.15, 0.2) is 46.9 Å². The number of morpholine rings is 1. The third kappa shape index (κ3) is 3.47. The Hall–Kier alpha value is -4.17. The second kappa shape index (κ2) is 8.06. The van der Waals surface area contributed by atoms with Crippen molar-refractivity contribution in [3.05, 3.63) is 64.2 Å². The van der Waals surface area contributed by atoms with Crippen molar-refractivity contribution in [2.24, 2.45) is 0 Å². The minimum atomic E-state index is -0.730. The number of furan rings is 1. The number of para-hydroxylation sites is 1. The summed E-state index contributed by atoms with van der Waals surface area (Å²) in [6, 6.07) is 13.4. The first-order valence-electron chi connectivity index (χ1n) is 9.02. The zero-order chi connectivity index (χ0) is 21.1. The van der Waals surface area contributed by atoms with Gasteiger partial charge in [-0.2, -0.15) is 5.26 Å². The van der Waals surface area contributed by atoms with E-state index in [-0.39, 0.29) is 17.2 Å². The summed E-state index contributed by atoms with van der Waals surface area (Å²) >= 11 is 0. The number of nitro groups is 1. The van der Waals surface area contributed by atoms with Crippen molar-refractivity contribution in [1.82, 2.24) is 14.8 Å². The van der Waals surface area contributed by atoms with Gasteiger partial charge in [-0.05, 0) is 18.2 Å². The lowest BCUT2D eigenvalue weighted by molar-refractivity contribution is -0.402. The maximum Gasteiger partial charge on any atom is 0.433 e. The maximum atomic E-state index is 10.9. The van der Waals surface area contributed by atoms with Gasteiger partial charge in [0, 0.05) is 13.1 Å². The molecule has 1 aromatic carbocycles. The van der Waals surface area contributed by atoms with E-state index in [1.807, 2.05) is 41.3 Å². The van der Waals surface area contributed by atoms with Crippen molar-refractivity contribution >= 4 is 23.2 Å². The van der Waals surface area contributed by atoms with E-state index in [1.165, 1.54) is 6.07 Å². The summed E-state index contributed by atoms with van der Waals surface area (Å²) in [5.74, 6) is -0.753. The number of anilines is 1. The van der Waals surface area contributed by atoms with Crippen LogP contribution in [-0.4, -0.2) is 51.1 Å². The van der Waals surface area contributed by atoms with E-state index in [0.717, 1.165) is 6.07 Å². The number of aliphatic hydroxyl groups excluding tert-OH is 1. The molecule has 0 saturated carbocycles. The van der Waals surface area contributed by atoms with Gasteiger partial charge in [-0.25, -0.2) is 0 Å². The Morgan fingerprint density at radius 2 is 1.90 bits per heavy atom. The Bertz CT molecular complexity index is 1140. The van der Waals surface area contributed by atoms with Crippen LogP contribution in [0.25, 0.3) is 17.0 Å². The fourth-order valence-corrected chi connectivity index (χ4v) is 3.11. The molecular formula is C19H16N6O5. The molecule has 0 amide bonds. The molecule has 0 aliphatic carbocycles. The summed E-state index contributed by atoms with van der Waals surface area (Å²) < 4.78 is 12.1. The Kier molecular flexibility index (Phi) is 5.15. The number of hydrogen-bond donors (Lipinski definition) is 1. The molecule has 11 nitrogen and oxygen atoms in total. The average Bonchev–Trinajstić information content (AvgIpc) is 3.44. The molecule has 1 saturated heterocycles. The molecular weight excluding hydrogens is 392 g/mol. The standard InChI is InChI=1S/C19H16N6O5/c20-12-14(17(26)15-6-7-16(30-15)25(27)28)18-21-22-19(23-8-10-29-11-9-23)24(18)13-4-2-1-3-5-13/h1-7,26H,8-11H2. The number of allylic oxidation sites excluding steroid dienone is 1. The van der Waals surface area contributed by atoms with Crippen LogP contribution in [0.1, 0.15) is 11.6 Å². The van der Waals surface area contributed by atoms with E-state index in [2.05, 4.69) is 10.2 Å². The number of benzene rings is 1. The predicted molar refractivity (Wildman–Crippen MR) is 105 cm³/mol. The molecule has 1 fully saturated rings. The maximum absolute atomic E-state index is 10.9. The zero-order valence-electron chi connectivity index (χ0n) is 15.6. The number of nitriles is 1. The highest BCUT2D eigenvalue weighted by atomic mass is 16.6. The SMILES string of the molecule is N#CC(=C(O)c1ccc([N+](=O)[O-])o1)c1nnc(N2CCOCC2)n1-c1ccccc1. The lowest BCUT2D eigenvalue weighted by atomic mass is 10.2. The van der Waals surface area contributed by atoms with Crippen LogP contribution in [0, 0.1) is 21.4 Å². The average molecular weight is 408 g/mol. The van der Waals surface area contributed by atoms with Crippen LogP contribution >= 0.6 is 0 Å². The largest absolute Gasteiger partial charge is 0.503 e. The van der Waals surface area contributed by atoms with Crippen LogP contribution in [0.3, 0.4) is 0 Å². The van der Waals surface area contributed by atoms with Gasteiger partial charge in [-0.3, -0.25) is 14.7 Å². The molecule has 0 radical (unpaired) electrons. The predicted octanol–water partition coefficient (Wildman–Crippen LogP) is 2.55. The van der Waals surface area contributed by atoms with E-state index in [4.69, 9.17) is 9.15 Å². The lowest BCUT2D eigenvalue weighted by Crippen LogP contribution is -2.38. The van der Waals surface area contributed by atoms with Gasteiger partial charge in [0.25, 0.3) is 0 Å². The summed E-state index contributed by atoms with van der Waals surface area (Å²) in [6.07, 6.45) is 0. The molecule has 30 heavy (non-hydrogen) atoms. The first-order valence-corrected chi connectivity index (χ1v) is 9.02. The van der Waals surface area contributed by atoms with Crippen molar-refractivity contribution in [3.8, 4) is 11.8 Å². The molecule has 1 aliphatic heterocycles. The van der Waals surface area contributed by atoms with Crippen LogP contribution in [0.5, 0.6) is 0 Å². The van der Waals surface area contributed by atoms with Crippen LogP contribution in [0.2, 0.25) is 0 Å². The number of nitrogens with zero attached hydrogens (tertiary/aromatic N) is 6. The number of aromatic nitrogens is 3. The first kappa shape index (κ1) is 19.2. The fraction of sp³-hybridized carbons (Fsp3) is 0.211. The molecule has 11 heteroatoms. The van der Waals surface area contributed by atoms with E-state index < -0.39 is 16.6 Å². The highest BCUT2D eigenvalue weighted by Gasteiger charge is 2.27. The molecule has 2 aromatic heterocycles. The topological polar surface area (TPSA) is 143 Å². The number of hydrogen-bond acceptors (Lipinski definition) is 9. The second-order valence-electron chi connectivity index (χ2n) is 6.32. The molecule has 1 aliphatic rings. The van der Waals surface area contributed by atoms with E-state index in [9.17, 15) is 20.5 Å². The summed E-state index contributed by atoms with van der Waals surface area (Å²) in [5, 5.41) is 39.7. The van der Waals surface area contributed by atoms with Crippen LogP contribution in [-0.2, 0) is 4.74 Å². The van der Waals surface area contributed by atoms with Gasteiger partial charge in [0.1, 0.15) is 16.6 Å². The van der Waals surface area contributed by atoms with Gasteiger partial charge in [-0.15, -0.1) is 10.2 Å². The molecule has 3 heterocycles. The zero-order valence-corrected chi connectivity index (χ0v) is 15.6. The van der Waals surface area contributed by atoms with E-state index in [1.54, 1.807) is 4.57 Å². The Morgan fingerprint density at radius 3 is 2.53 bits per heavy atom. The van der Waals surface area contributed by atoms with Gasteiger partial charge in [-0.1, -0.05) is 18.2 Å². The van der Waals surface area contributed by atoms with Crippen LogP contribution in [0.4, 0.5) is 11.8 Å². The molecule has 0 atom stereocenters. The smallest absolute Gasteiger partial charge is 0.433 e. The third-order valence-electron chi connectivity index (χ3n) is 4.53. The van der Waals surface area contributed by atoms with Gasteiger partial charge in [0.05, 0.1) is 25.0 Å². The number of aliphatic hydroxyl groups is 1. The summed E-state index contributed by atoms with van der Waals surface area (Å²) in [5.41, 5.74) is 0.458. The molecule has 0 unspecified atom stereocenters. The summed E-state index contributed by atoms with van der Waals surface area (Å²) in [6.45, 7) is 2.23. The van der Waals surface area contributed by atoms with Crippen LogP contribution < -0.4 is 4.90 Å². The Morgan fingerprint density at radius 1 is 1.17 bits per heavy atom. The molecule has 152 valence electrons. The number of rotatable bonds is 5. The van der Waals surface area contributed by atoms with Crippen molar-refractivity contribution in [2.75, 3.05) is 31.2 Å². The molecule has 3 aromatic rings. The second-order valence-corrected chi connectivity index (χ2v) is 6.32. The molecule has 0 spiro atoms. The third-order valence-corrected chi connectivity index (χ3v) is 4.53. The van der Waals surface area contributed by atoms with Crippen molar-refractivity contribution < 1.29 is 19.2 Å².